The predicted molar refractivity (Wildman–Crippen MR) is 110 cm³/mol. The van der Waals surface area contributed by atoms with Crippen LogP contribution in [0.2, 0.25) is 0 Å². The molecular formula is C19H29N5O4S. The molecule has 2 fully saturated rings. The van der Waals surface area contributed by atoms with Gasteiger partial charge in [-0.15, -0.1) is 11.7 Å². The van der Waals surface area contributed by atoms with Crippen molar-refractivity contribution >= 4 is 28.6 Å². The molecular weight excluding hydrogens is 394 g/mol. The summed E-state index contributed by atoms with van der Waals surface area (Å²) in [6, 6.07) is -0.0651. The van der Waals surface area contributed by atoms with E-state index in [9.17, 15) is 9.59 Å². The molecule has 10 heteroatoms. The van der Waals surface area contributed by atoms with E-state index in [1.165, 1.54) is 18.4 Å². The molecule has 160 valence electrons. The van der Waals surface area contributed by atoms with E-state index in [4.69, 9.17) is 9.47 Å². The van der Waals surface area contributed by atoms with Crippen molar-refractivity contribution in [3.8, 4) is 5.19 Å². The van der Waals surface area contributed by atoms with E-state index in [-0.39, 0.29) is 12.1 Å². The van der Waals surface area contributed by atoms with Gasteiger partial charge < -0.3 is 19.3 Å². The minimum atomic E-state index is -0.723. The number of urea groups is 1. The zero-order valence-corrected chi connectivity index (χ0v) is 17.9. The third kappa shape index (κ3) is 4.98. The monoisotopic (exact) mass is 423 g/mol. The average Bonchev–Trinajstić information content (AvgIpc) is 3.22. The Morgan fingerprint density at radius 1 is 1.31 bits per heavy atom. The maximum absolute atomic E-state index is 13.1. The van der Waals surface area contributed by atoms with Crippen molar-refractivity contribution in [1.82, 2.24) is 20.0 Å². The second-order valence-corrected chi connectivity index (χ2v) is 8.22. The predicted octanol–water partition coefficient (Wildman–Crippen LogP) is 3.48. The highest BCUT2D eigenvalue weighted by Gasteiger charge is 2.39. The van der Waals surface area contributed by atoms with Crippen molar-refractivity contribution < 1.29 is 19.1 Å². The van der Waals surface area contributed by atoms with E-state index < -0.39 is 12.3 Å². The Hall–Kier alpha value is -2.36. The smallest absolute Gasteiger partial charge is 0.411 e. The molecule has 0 aromatic carbocycles. The second kappa shape index (κ2) is 9.91. The molecule has 0 spiro atoms. The Balaban J connectivity index is 1.74. The number of methoxy groups -OCH3 is 1. The largest absolute Gasteiger partial charge is 0.472 e. The summed E-state index contributed by atoms with van der Waals surface area (Å²) in [4.78, 5) is 30.7. The molecule has 0 N–H and O–H groups in total. The van der Waals surface area contributed by atoms with Crippen LogP contribution in [-0.2, 0) is 4.74 Å². The highest BCUT2D eigenvalue weighted by atomic mass is 32.1. The molecule has 9 nitrogen and oxygen atoms in total. The fourth-order valence-corrected chi connectivity index (χ4v) is 4.43. The number of amides is 3. The standard InChI is InChI=1S/C19H29N5O4S/c1-4-5-12-23-13-11-15(24(18(23)25)16-20-21-17(27-3)29-16)28-19(26)22(2)14-9-7-6-8-10-14/h4,14-15H,1,5-13H2,2-3H3. The Bertz CT molecular complexity index is 721. The number of aromatic nitrogens is 2. The quantitative estimate of drug-likeness (QED) is 0.624. The van der Waals surface area contributed by atoms with Crippen molar-refractivity contribution in [3.63, 3.8) is 0 Å². The summed E-state index contributed by atoms with van der Waals surface area (Å²) in [6.45, 7) is 4.77. The molecule has 0 bridgehead atoms. The first-order valence-electron chi connectivity index (χ1n) is 10.0. The first-order valence-corrected chi connectivity index (χ1v) is 10.9. The van der Waals surface area contributed by atoms with Crippen LogP contribution in [0.4, 0.5) is 14.7 Å². The van der Waals surface area contributed by atoms with Gasteiger partial charge in [-0.05, 0) is 30.6 Å². The fraction of sp³-hybridized carbons (Fsp3) is 0.684. The van der Waals surface area contributed by atoms with Crippen molar-refractivity contribution in [1.29, 1.82) is 0 Å². The lowest BCUT2D eigenvalue weighted by molar-refractivity contribution is 0.0385. The van der Waals surface area contributed by atoms with Crippen molar-refractivity contribution in [2.75, 3.05) is 32.1 Å². The third-order valence-corrected chi connectivity index (χ3v) is 6.32. The Morgan fingerprint density at radius 3 is 2.72 bits per heavy atom. The van der Waals surface area contributed by atoms with Crippen molar-refractivity contribution in [2.24, 2.45) is 0 Å². The maximum atomic E-state index is 13.1. The minimum absolute atomic E-state index is 0.190. The average molecular weight is 424 g/mol. The molecule has 1 aromatic heterocycles. The molecule has 3 rings (SSSR count). The SMILES string of the molecule is C=CCCN1CCC(OC(=O)N(C)C2CCCCC2)N(c2nnc(OC)s2)C1=O. The first kappa shape index (κ1) is 21.4. The van der Waals surface area contributed by atoms with Gasteiger partial charge in [0.05, 0.1) is 7.11 Å². The highest BCUT2D eigenvalue weighted by Crippen LogP contribution is 2.32. The van der Waals surface area contributed by atoms with E-state index in [1.807, 2.05) is 0 Å². The van der Waals surface area contributed by atoms with Gasteiger partial charge in [0, 0.05) is 32.6 Å². The van der Waals surface area contributed by atoms with Crippen LogP contribution in [-0.4, -0.2) is 71.6 Å². The van der Waals surface area contributed by atoms with Gasteiger partial charge >= 0.3 is 12.1 Å². The van der Waals surface area contributed by atoms with Gasteiger partial charge in [-0.3, -0.25) is 0 Å². The molecule has 0 radical (unpaired) electrons. The van der Waals surface area contributed by atoms with Gasteiger partial charge in [-0.25, -0.2) is 14.5 Å². The molecule has 1 saturated carbocycles. The van der Waals surface area contributed by atoms with Crippen molar-refractivity contribution in [2.45, 2.75) is 57.2 Å². The van der Waals surface area contributed by atoms with Gasteiger partial charge in [-0.2, -0.15) is 0 Å². The number of anilines is 1. The number of carbonyl (C=O) groups is 2. The lowest BCUT2D eigenvalue weighted by Crippen LogP contribution is -2.57. The molecule has 29 heavy (non-hydrogen) atoms. The normalized spacial score (nSPS) is 20.5. The van der Waals surface area contributed by atoms with Gasteiger partial charge in [-0.1, -0.05) is 30.4 Å². The maximum Gasteiger partial charge on any atom is 0.411 e. The zero-order valence-electron chi connectivity index (χ0n) is 17.1. The number of carbonyl (C=O) groups excluding carboxylic acids is 2. The number of hydrogen-bond acceptors (Lipinski definition) is 7. The zero-order chi connectivity index (χ0) is 20.8. The minimum Gasteiger partial charge on any atom is -0.472 e. The lowest BCUT2D eigenvalue weighted by atomic mass is 9.95. The molecule has 1 aliphatic heterocycles. The van der Waals surface area contributed by atoms with Crippen LogP contribution in [0.25, 0.3) is 0 Å². The molecule has 3 amide bonds. The number of ether oxygens (including phenoxy) is 2. The van der Waals surface area contributed by atoms with Gasteiger partial charge in [0.15, 0.2) is 6.23 Å². The van der Waals surface area contributed by atoms with Crippen molar-refractivity contribution in [3.05, 3.63) is 12.7 Å². The van der Waals surface area contributed by atoms with E-state index in [1.54, 1.807) is 22.9 Å². The molecule has 1 aliphatic carbocycles. The van der Waals surface area contributed by atoms with Crippen LogP contribution in [0.15, 0.2) is 12.7 Å². The van der Waals surface area contributed by atoms with E-state index in [0.29, 0.717) is 36.3 Å². The summed E-state index contributed by atoms with van der Waals surface area (Å²) in [5.74, 6) is 0. The number of rotatable bonds is 7. The lowest BCUT2D eigenvalue weighted by Gasteiger charge is -2.40. The van der Waals surface area contributed by atoms with Crippen LogP contribution in [0.3, 0.4) is 0 Å². The van der Waals surface area contributed by atoms with E-state index in [2.05, 4.69) is 16.8 Å². The highest BCUT2D eigenvalue weighted by molar-refractivity contribution is 7.17. The summed E-state index contributed by atoms with van der Waals surface area (Å²) in [5, 5.41) is 8.69. The van der Waals surface area contributed by atoms with Crippen LogP contribution < -0.4 is 9.64 Å². The Labute approximate surface area is 175 Å². The number of hydrogen-bond donors (Lipinski definition) is 0. The first-order chi connectivity index (χ1) is 14.0. The van der Waals surface area contributed by atoms with Gasteiger partial charge in [0.1, 0.15) is 0 Å². The molecule has 1 saturated heterocycles. The Morgan fingerprint density at radius 2 is 2.07 bits per heavy atom. The van der Waals surface area contributed by atoms with Crippen LogP contribution in [0, 0.1) is 0 Å². The molecule has 1 atom stereocenters. The summed E-state index contributed by atoms with van der Waals surface area (Å²) in [7, 11) is 3.27. The second-order valence-electron chi connectivity index (χ2n) is 7.30. The fourth-order valence-electron chi connectivity index (χ4n) is 3.74. The summed E-state index contributed by atoms with van der Waals surface area (Å²) < 4.78 is 10.9. The molecule has 1 aromatic rings. The van der Waals surface area contributed by atoms with E-state index >= 15 is 0 Å². The van der Waals surface area contributed by atoms with Crippen LogP contribution in [0.5, 0.6) is 5.19 Å². The summed E-state index contributed by atoms with van der Waals surface area (Å²) in [6.07, 6.45) is 7.26. The van der Waals surface area contributed by atoms with Crippen LogP contribution >= 0.6 is 11.3 Å². The topological polar surface area (TPSA) is 88.1 Å². The molecule has 2 aliphatic rings. The third-order valence-electron chi connectivity index (χ3n) is 5.44. The van der Waals surface area contributed by atoms with Crippen LogP contribution in [0.1, 0.15) is 44.9 Å². The number of nitrogens with zero attached hydrogens (tertiary/aromatic N) is 5. The van der Waals surface area contributed by atoms with Gasteiger partial charge in [0.2, 0.25) is 5.13 Å². The van der Waals surface area contributed by atoms with E-state index in [0.717, 1.165) is 37.0 Å². The van der Waals surface area contributed by atoms with Gasteiger partial charge in [0.25, 0.3) is 5.19 Å². The summed E-state index contributed by atoms with van der Waals surface area (Å²) in [5.41, 5.74) is 0. The summed E-state index contributed by atoms with van der Waals surface area (Å²) >= 11 is 1.15. The molecule has 1 unspecified atom stereocenters. The Kier molecular flexibility index (Phi) is 7.29. The molecule has 2 heterocycles.